The molecule has 0 spiro atoms. The van der Waals surface area contributed by atoms with Crippen LogP contribution < -0.4 is 4.90 Å². The molecule has 0 saturated carbocycles. The van der Waals surface area contributed by atoms with Gasteiger partial charge in [-0.1, -0.05) is 12.1 Å². The van der Waals surface area contributed by atoms with Gasteiger partial charge in [-0.05, 0) is 24.3 Å². The van der Waals surface area contributed by atoms with Crippen molar-refractivity contribution in [1.82, 2.24) is 4.98 Å². The van der Waals surface area contributed by atoms with Gasteiger partial charge in [-0.3, -0.25) is 0 Å². The third kappa shape index (κ3) is 2.23. The number of hydrogen-bond acceptors (Lipinski definition) is 3. The molecule has 3 nitrogen and oxygen atoms in total. The molecule has 2 aromatic rings. The summed E-state index contributed by atoms with van der Waals surface area (Å²) in [6, 6.07) is 11.8. The van der Waals surface area contributed by atoms with Crippen molar-refractivity contribution >= 4 is 11.5 Å². The van der Waals surface area contributed by atoms with Gasteiger partial charge >= 0.3 is 0 Å². The summed E-state index contributed by atoms with van der Waals surface area (Å²) in [5.41, 5.74) is 0.931. The zero-order chi connectivity index (χ0) is 12.3. The molecule has 17 heavy (non-hydrogen) atoms. The van der Waals surface area contributed by atoms with Crippen molar-refractivity contribution in [2.45, 2.75) is 0 Å². The first-order valence-corrected chi connectivity index (χ1v) is 5.07. The second-order valence-electron chi connectivity index (χ2n) is 3.53. The molecule has 0 aliphatic heterocycles. The Bertz CT molecular complexity index is 558. The van der Waals surface area contributed by atoms with Crippen molar-refractivity contribution in [3.05, 3.63) is 54.0 Å². The van der Waals surface area contributed by atoms with Gasteiger partial charge in [0.2, 0.25) is 0 Å². The van der Waals surface area contributed by atoms with Crippen LogP contribution in [-0.2, 0) is 0 Å². The zero-order valence-corrected chi connectivity index (χ0v) is 9.26. The molecule has 0 amide bonds. The van der Waals surface area contributed by atoms with Crippen LogP contribution in [0, 0.1) is 17.1 Å². The molecule has 0 aliphatic carbocycles. The highest BCUT2D eigenvalue weighted by Crippen LogP contribution is 2.23. The minimum Gasteiger partial charge on any atom is -0.327 e. The van der Waals surface area contributed by atoms with Crippen molar-refractivity contribution in [3.63, 3.8) is 0 Å². The average Bonchev–Trinajstić information content (AvgIpc) is 2.39. The van der Waals surface area contributed by atoms with Crippen LogP contribution in [0.3, 0.4) is 0 Å². The molecule has 0 atom stereocenters. The van der Waals surface area contributed by atoms with Gasteiger partial charge in [0.15, 0.2) is 0 Å². The van der Waals surface area contributed by atoms with E-state index in [-0.39, 0.29) is 5.82 Å². The highest BCUT2D eigenvalue weighted by atomic mass is 19.1. The van der Waals surface area contributed by atoms with E-state index < -0.39 is 0 Å². The van der Waals surface area contributed by atoms with E-state index in [1.54, 1.807) is 42.3 Å². The summed E-state index contributed by atoms with van der Waals surface area (Å²) in [6.45, 7) is 0. The van der Waals surface area contributed by atoms with Crippen molar-refractivity contribution < 1.29 is 4.39 Å². The van der Waals surface area contributed by atoms with Crippen LogP contribution in [0.25, 0.3) is 0 Å². The molecule has 0 bridgehead atoms. The molecule has 1 heterocycles. The summed E-state index contributed by atoms with van der Waals surface area (Å²) >= 11 is 0. The Hall–Kier alpha value is -2.41. The lowest BCUT2D eigenvalue weighted by atomic mass is 10.2. The van der Waals surface area contributed by atoms with Gasteiger partial charge < -0.3 is 4.90 Å². The predicted octanol–water partition coefficient (Wildman–Crippen LogP) is 2.86. The Balaban J connectivity index is 2.34. The first-order chi connectivity index (χ1) is 8.22. The Labute approximate surface area is 98.8 Å². The Kier molecular flexibility index (Phi) is 3.01. The SMILES string of the molecule is CN(c1ccc(C#N)cn1)c1ccccc1F. The largest absolute Gasteiger partial charge is 0.327 e. The minimum absolute atomic E-state index is 0.304. The van der Waals surface area contributed by atoms with Gasteiger partial charge in [0, 0.05) is 13.2 Å². The molecule has 1 aromatic carbocycles. The Morgan fingerprint density at radius 2 is 2.00 bits per heavy atom. The molecule has 84 valence electrons. The fraction of sp³-hybridized carbons (Fsp3) is 0.0769. The quantitative estimate of drug-likeness (QED) is 0.792. The number of halogens is 1. The molecule has 0 saturated heterocycles. The number of hydrogen-bond donors (Lipinski definition) is 0. The summed E-state index contributed by atoms with van der Waals surface area (Å²) in [5, 5.41) is 8.66. The number of anilines is 2. The van der Waals surface area contributed by atoms with E-state index in [0.29, 0.717) is 17.1 Å². The normalized spacial score (nSPS) is 9.71. The molecule has 2 rings (SSSR count). The standard InChI is InChI=1S/C13H10FN3/c1-17(12-5-3-2-4-11(12)14)13-7-6-10(8-15)9-16-13/h2-7,9H,1H3. The van der Waals surface area contributed by atoms with Crippen molar-refractivity contribution in [2.24, 2.45) is 0 Å². The highest BCUT2D eigenvalue weighted by molar-refractivity contribution is 5.59. The molecule has 1 aromatic heterocycles. The molecule has 0 unspecified atom stereocenters. The Morgan fingerprint density at radius 3 is 2.59 bits per heavy atom. The van der Waals surface area contributed by atoms with Gasteiger partial charge in [0.1, 0.15) is 17.7 Å². The van der Waals surface area contributed by atoms with E-state index in [0.717, 1.165) is 0 Å². The van der Waals surface area contributed by atoms with Gasteiger partial charge in [0.05, 0.1) is 11.3 Å². The first-order valence-electron chi connectivity index (χ1n) is 5.07. The van der Waals surface area contributed by atoms with Crippen molar-refractivity contribution in [3.8, 4) is 6.07 Å². The van der Waals surface area contributed by atoms with Crippen LogP contribution >= 0.6 is 0 Å². The number of rotatable bonds is 2. The number of benzene rings is 1. The lowest BCUT2D eigenvalue weighted by Crippen LogP contribution is -2.12. The fourth-order valence-corrected chi connectivity index (χ4v) is 1.50. The first kappa shape index (κ1) is 11.1. The monoisotopic (exact) mass is 227 g/mol. The van der Waals surface area contributed by atoms with E-state index in [1.807, 2.05) is 6.07 Å². The lowest BCUT2D eigenvalue weighted by Gasteiger charge is -2.18. The number of pyridine rings is 1. The third-order valence-corrected chi connectivity index (χ3v) is 2.43. The van der Waals surface area contributed by atoms with Crippen LogP contribution in [0.2, 0.25) is 0 Å². The molecular weight excluding hydrogens is 217 g/mol. The second kappa shape index (κ2) is 4.62. The van der Waals surface area contributed by atoms with Crippen molar-refractivity contribution in [2.75, 3.05) is 11.9 Å². The van der Waals surface area contributed by atoms with E-state index >= 15 is 0 Å². The van der Waals surface area contributed by atoms with Crippen LogP contribution in [0.5, 0.6) is 0 Å². The second-order valence-corrected chi connectivity index (χ2v) is 3.53. The topological polar surface area (TPSA) is 39.9 Å². The van der Waals surface area contributed by atoms with Crippen LogP contribution in [0.4, 0.5) is 15.9 Å². The predicted molar refractivity (Wildman–Crippen MR) is 63.4 cm³/mol. The van der Waals surface area contributed by atoms with Crippen LogP contribution in [-0.4, -0.2) is 12.0 Å². The highest BCUT2D eigenvalue weighted by Gasteiger charge is 2.09. The summed E-state index contributed by atoms with van der Waals surface area (Å²) in [4.78, 5) is 5.74. The Morgan fingerprint density at radius 1 is 1.24 bits per heavy atom. The minimum atomic E-state index is -0.304. The summed E-state index contributed by atoms with van der Waals surface area (Å²) in [5.74, 6) is 0.287. The van der Waals surface area contributed by atoms with E-state index in [9.17, 15) is 4.39 Å². The van der Waals surface area contributed by atoms with Gasteiger partial charge in [-0.2, -0.15) is 5.26 Å². The average molecular weight is 227 g/mol. The maximum atomic E-state index is 13.5. The summed E-state index contributed by atoms with van der Waals surface area (Å²) in [7, 11) is 1.73. The summed E-state index contributed by atoms with van der Waals surface area (Å²) in [6.07, 6.45) is 1.46. The van der Waals surface area contributed by atoms with Gasteiger partial charge in [-0.15, -0.1) is 0 Å². The summed E-state index contributed by atoms with van der Waals surface area (Å²) < 4.78 is 13.5. The van der Waals surface area contributed by atoms with Gasteiger partial charge in [0.25, 0.3) is 0 Å². The number of aromatic nitrogens is 1. The third-order valence-electron chi connectivity index (χ3n) is 2.43. The van der Waals surface area contributed by atoms with E-state index in [4.69, 9.17) is 5.26 Å². The smallest absolute Gasteiger partial charge is 0.146 e. The molecule has 0 fully saturated rings. The molecule has 0 aliphatic rings. The van der Waals surface area contributed by atoms with Crippen LogP contribution in [0.15, 0.2) is 42.6 Å². The molecule has 0 N–H and O–H groups in total. The molecule has 0 radical (unpaired) electrons. The molecular formula is C13H10FN3. The van der Waals surface area contributed by atoms with Crippen molar-refractivity contribution in [1.29, 1.82) is 5.26 Å². The maximum absolute atomic E-state index is 13.5. The van der Waals surface area contributed by atoms with E-state index in [1.165, 1.54) is 12.3 Å². The molecule has 4 heteroatoms. The fourth-order valence-electron chi connectivity index (χ4n) is 1.50. The van der Waals surface area contributed by atoms with E-state index in [2.05, 4.69) is 4.98 Å². The zero-order valence-electron chi connectivity index (χ0n) is 9.26. The number of nitriles is 1. The maximum Gasteiger partial charge on any atom is 0.146 e. The number of nitrogens with zero attached hydrogens (tertiary/aromatic N) is 3. The van der Waals surface area contributed by atoms with Crippen LogP contribution in [0.1, 0.15) is 5.56 Å². The number of para-hydroxylation sites is 1. The lowest BCUT2D eigenvalue weighted by molar-refractivity contribution is 0.627. The van der Waals surface area contributed by atoms with Gasteiger partial charge in [-0.25, -0.2) is 9.37 Å².